The van der Waals surface area contributed by atoms with Gasteiger partial charge < -0.3 is 5.11 Å². The zero-order chi connectivity index (χ0) is 38.9. The Kier molecular flexibility index (Phi) is 8.72. The van der Waals surface area contributed by atoms with Crippen molar-refractivity contribution in [1.29, 1.82) is 0 Å². The summed E-state index contributed by atoms with van der Waals surface area (Å²) >= 11 is 0. The molecule has 1 aliphatic carbocycles. The van der Waals surface area contributed by atoms with Gasteiger partial charge in [-0.15, -0.1) is 0 Å². The van der Waals surface area contributed by atoms with Crippen LogP contribution in [0.2, 0.25) is 0 Å². The molecular weight excluding hydrogens is 671 g/mol. The van der Waals surface area contributed by atoms with Gasteiger partial charge >= 0.3 is 0 Å². The fourth-order valence-corrected chi connectivity index (χ4v) is 7.81. The summed E-state index contributed by atoms with van der Waals surface area (Å²) in [6, 6.07) is 41.0. The maximum absolute atomic E-state index is 12.0. The van der Waals surface area contributed by atoms with Crippen molar-refractivity contribution in [2.45, 2.75) is 85.0 Å². The lowest BCUT2D eigenvalue weighted by Crippen LogP contribution is -2.17. The number of aromatic nitrogens is 3. The molecule has 4 nitrogen and oxygen atoms in total. The molecule has 0 spiro atoms. The summed E-state index contributed by atoms with van der Waals surface area (Å²) in [5.74, 6) is 1.17. The fourth-order valence-electron chi connectivity index (χ4n) is 7.81. The number of hydrogen-bond acceptors (Lipinski definition) is 3. The average Bonchev–Trinajstić information content (AvgIpc) is 3.79. The Labute approximate surface area is 326 Å². The van der Waals surface area contributed by atoms with Crippen LogP contribution in [0.3, 0.4) is 0 Å². The van der Waals surface area contributed by atoms with Crippen LogP contribution in [0, 0.1) is 0 Å². The van der Waals surface area contributed by atoms with Crippen LogP contribution < -0.4 is 0 Å². The molecule has 0 bridgehead atoms. The molecule has 5 aromatic carbocycles. The molecule has 276 valence electrons. The highest BCUT2D eigenvalue weighted by Gasteiger charge is 2.29. The van der Waals surface area contributed by atoms with Crippen LogP contribution in [0.4, 0.5) is 0 Å². The standard InChI is InChI=1S/C51H51N3O/c1-49(2,3)35-26-27-43(39(29-35)32-18-12-10-13-19-32)54-44-25-17-24-38(46(44)53-48(54)33-20-14-11-15-21-33)42-28-34-22-16-23-37(34)45(52-42)40-30-36(50(4,5)6)31-41(47(40)55)51(7,8)9/h10-21,23-31,55H,22H2,1-9H3. The molecule has 8 rings (SSSR count). The lowest BCUT2D eigenvalue weighted by atomic mass is 9.78. The summed E-state index contributed by atoms with van der Waals surface area (Å²) < 4.78 is 2.33. The first-order chi connectivity index (χ1) is 26.1. The highest BCUT2D eigenvalue weighted by molar-refractivity contribution is 5.97. The Hall–Kier alpha value is -5.74. The molecule has 7 aromatic rings. The zero-order valence-electron chi connectivity index (χ0n) is 33.6. The molecule has 0 saturated heterocycles. The molecule has 0 saturated carbocycles. The highest BCUT2D eigenvalue weighted by Crippen LogP contribution is 2.46. The number of aromatic hydroxyl groups is 1. The second-order valence-electron chi connectivity index (χ2n) is 18.1. The molecule has 55 heavy (non-hydrogen) atoms. The van der Waals surface area contributed by atoms with E-state index in [9.17, 15) is 5.11 Å². The molecular formula is C51H51N3O. The van der Waals surface area contributed by atoms with Gasteiger partial charge in [0.05, 0.1) is 28.1 Å². The summed E-state index contributed by atoms with van der Waals surface area (Å²) in [5.41, 5.74) is 14.9. The largest absolute Gasteiger partial charge is 0.507 e. The minimum atomic E-state index is -0.257. The summed E-state index contributed by atoms with van der Waals surface area (Å²) in [7, 11) is 0. The number of phenols is 1. The van der Waals surface area contributed by atoms with Gasteiger partial charge in [-0.1, -0.05) is 159 Å². The van der Waals surface area contributed by atoms with Crippen molar-refractivity contribution in [1.82, 2.24) is 14.5 Å². The number of phenolic OH excluding ortho intramolecular Hbond substituents is 1. The molecule has 1 aliphatic rings. The van der Waals surface area contributed by atoms with Crippen LogP contribution in [0.25, 0.3) is 67.8 Å². The first-order valence-corrected chi connectivity index (χ1v) is 19.5. The molecule has 1 N–H and O–H groups in total. The molecule has 0 unspecified atom stereocenters. The SMILES string of the molecule is CC(C)(C)c1ccc(-n2c(-c3ccccc3)nc3c(-c4cc5c(c(-c6cc(C(C)(C)C)cc(C(C)(C)C)c6O)n4)C=CC5)cccc32)c(-c2ccccc2)c1. The molecule has 0 amide bonds. The Morgan fingerprint density at radius 2 is 1.24 bits per heavy atom. The lowest BCUT2D eigenvalue weighted by molar-refractivity contribution is 0.446. The van der Waals surface area contributed by atoms with E-state index in [-0.39, 0.29) is 16.2 Å². The molecule has 0 fully saturated rings. The second-order valence-corrected chi connectivity index (χ2v) is 18.1. The molecule has 2 heterocycles. The van der Waals surface area contributed by atoms with Crippen molar-refractivity contribution in [3.8, 4) is 56.5 Å². The number of allylic oxidation sites excluding steroid dienone is 1. The molecule has 2 aromatic heterocycles. The average molecular weight is 722 g/mol. The third-order valence-electron chi connectivity index (χ3n) is 11.0. The smallest absolute Gasteiger partial charge is 0.145 e. The summed E-state index contributed by atoms with van der Waals surface area (Å²) in [6.07, 6.45) is 5.17. The van der Waals surface area contributed by atoms with Gasteiger partial charge in [0.1, 0.15) is 11.6 Å². The van der Waals surface area contributed by atoms with Crippen molar-refractivity contribution in [2.75, 3.05) is 0 Å². The van der Waals surface area contributed by atoms with Crippen molar-refractivity contribution >= 4 is 17.1 Å². The van der Waals surface area contributed by atoms with Crippen LogP contribution in [0.1, 0.15) is 90.1 Å². The zero-order valence-corrected chi connectivity index (χ0v) is 33.6. The van der Waals surface area contributed by atoms with Gasteiger partial charge in [-0.05, 0) is 75.3 Å². The molecule has 0 aliphatic heterocycles. The summed E-state index contributed by atoms with van der Waals surface area (Å²) in [5, 5.41) is 12.0. The third-order valence-corrected chi connectivity index (χ3v) is 11.0. The second kappa shape index (κ2) is 13.2. The number of hydrogen-bond donors (Lipinski definition) is 1. The van der Waals surface area contributed by atoms with Crippen molar-refractivity contribution in [3.05, 3.63) is 149 Å². The van der Waals surface area contributed by atoms with Gasteiger partial charge in [0.2, 0.25) is 0 Å². The van der Waals surface area contributed by atoms with E-state index in [1.807, 2.05) is 0 Å². The van der Waals surface area contributed by atoms with Crippen molar-refractivity contribution in [2.24, 2.45) is 0 Å². The van der Waals surface area contributed by atoms with E-state index in [1.165, 1.54) is 16.7 Å². The van der Waals surface area contributed by atoms with Crippen molar-refractivity contribution < 1.29 is 5.11 Å². The Balaban J connectivity index is 1.41. The van der Waals surface area contributed by atoms with Gasteiger partial charge in [-0.25, -0.2) is 9.97 Å². The monoisotopic (exact) mass is 721 g/mol. The van der Waals surface area contributed by atoms with E-state index >= 15 is 0 Å². The maximum atomic E-state index is 12.0. The Morgan fingerprint density at radius 1 is 0.582 bits per heavy atom. The first-order valence-electron chi connectivity index (χ1n) is 19.5. The predicted molar refractivity (Wildman–Crippen MR) is 231 cm³/mol. The third kappa shape index (κ3) is 6.58. The van der Waals surface area contributed by atoms with Gasteiger partial charge in [0.15, 0.2) is 0 Å². The van der Waals surface area contributed by atoms with E-state index in [0.29, 0.717) is 5.75 Å². The van der Waals surface area contributed by atoms with Crippen LogP contribution in [-0.4, -0.2) is 19.6 Å². The van der Waals surface area contributed by atoms with Gasteiger partial charge in [-0.3, -0.25) is 4.57 Å². The minimum Gasteiger partial charge on any atom is -0.507 e. The topological polar surface area (TPSA) is 50.9 Å². The number of pyridine rings is 1. The molecule has 0 radical (unpaired) electrons. The van der Waals surface area contributed by atoms with Gasteiger partial charge in [0, 0.05) is 33.4 Å². The maximum Gasteiger partial charge on any atom is 0.145 e. The lowest BCUT2D eigenvalue weighted by Gasteiger charge is -2.28. The van der Waals surface area contributed by atoms with Crippen LogP contribution in [0.5, 0.6) is 5.75 Å². The minimum absolute atomic E-state index is 0.0191. The highest BCUT2D eigenvalue weighted by atomic mass is 16.3. The molecule has 0 atom stereocenters. The van der Waals surface area contributed by atoms with E-state index in [0.717, 1.165) is 79.3 Å². The Morgan fingerprint density at radius 3 is 1.89 bits per heavy atom. The number of nitrogens with zero attached hydrogens (tertiary/aromatic N) is 3. The van der Waals surface area contributed by atoms with Crippen LogP contribution >= 0.6 is 0 Å². The quantitative estimate of drug-likeness (QED) is 0.192. The number of imidazole rings is 1. The van der Waals surface area contributed by atoms with E-state index in [1.54, 1.807) is 0 Å². The summed E-state index contributed by atoms with van der Waals surface area (Å²) in [4.78, 5) is 11.0. The van der Waals surface area contributed by atoms with Gasteiger partial charge in [-0.2, -0.15) is 0 Å². The predicted octanol–water partition coefficient (Wildman–Crippen LogP) is 13.3. The number of rotatable bonds is 5. The van der Waals surface area contributed by atoms with E-state index in [4.69, 9.17) is 9.97 Å². The first kappa shape index (κ1) is 36.2. The molecule has 4 heteroatoms. The van der Waals surface area contributed by atoms with E-state index < -0.39 is 0 Å². The van der Waals surface area contributed by atoms with Crippen LogP contribution in [0.15, 0.2) is 121 Å². The van der Waals surface area contributed by atoms with Gasteiger partial charge in [0.25, 0.3) is 0 Å². The number of para-hydroxylation sites is 1. The summed E-state index contributed by atoms with van der Waals surface area (Å²) in [6.45, 7) is 20.0. The van der Waals surface area contributed by atoms with Crippen molar-refractivity contribution in [3.63, 3.8) is 0 Å². The Bertz CT molecular complexity index is 2610. The van der Waals surface area contributed by atoms with E-state index in [2.05, 4.69) is 194 Å². The normalized spacial score (nSPS) is 13.1. The number of benzene rings is 5. The fraction of sp³-hybridized carbons (Fsp3) is 0.255. The van der Waals surface area contributed by atoms with Crippen LogP contribution in [-0.2, 0) is 22.7 Å². The number of fused-ring (bicyclic) bond motifs is 2.